The highest BCUT2D eigenvalue weighted by Crippen LogP contribution is 2.37. The average molecular weight is 327 g/mol. The van der Waals surface area contributed by atoms with Gasteiger partial charge in [0.05, 0.1) is 4.92 Å². The normalized spacial score (nSPS) is 11.1. The van der Waals surface area contributed by atoms with Gasteiger partial charge in [0.15, 0.2) is 5.00 Å². The Morgan fingerprint density at radius 1 is 1.29 bits per heavy atom. The number of anilines is 2. The van der Waals surface area contributed by atoms with E-state index in [4.69, 9.17) is 0 Å². The molecule has 0 unspecified atom stereocenters. The number of rotatable bonds is 6. The summed E-state index contributed by atoms with van der Waals surface area (Å²) in [7, 11) is -3.84. The molecule has 112 valence electrons. The number of hydrogen-bond acceptors (Lipinski definition) is 6. The molecule has 0 bridgehead atoms. The van der Waals surface area contributed by atoms with Crippen LogP contribution in [-0.2, 0) is 10.0 Å². The van der Waals surface area contributed by atoms with E-state index >= 15 is 0 Å². The van der Waals surface area contributed by atoms with Gasteiger partial charge in [0.25, 0.3) is 10.0 Å². The zero-order chi connectivity index (χ0) is 15.5. The Labute approximate surface area is 125 Å². The van der Waals surface area contributed by atoms with Crippen LogP contribution in [-0.4, -0.2) is 19.9 Å². The summed E-state index contributed by atoms with van der Waals surface area (Å²) < 4.78 is 26.8. The third kappa shape index (κ3) is 3.50. The lowest BCUT2D eigenvalue weighted by atomic mass is 10.3. The third-order valence-corrected chi connectivity index (χ3v) is 5.45. The van der Waals surface area contributed by atoms with Crippen molar-refractivity contribution in [2.75, 3.05) is 16.6 Å². The van der Waals surface area contributed by atoms with Crippen LogP contribution in [0.4, 0.5) is 16.4 Å². The van der Waals surface area contributed by atoms with Gasteiger partial charge in [-0.25, -0.2) is 8.42 Å². The molecule has 7 nitrogen and oxygen atoms in total. The van der Waals surface area contributed by atoms with Crippen LogP contribution in [0, 0.1) is 10.1 Å². The van der Waals surface area contributed by atoms with Crippen molar-refractivity contribution in [1.29, 1.82) is 0 Å². The molecule has 2 aromatic rings. The molecular formula is C12H13N3O4S2. The Bertz CT molecular complexity index is 741. The van der Waals surface area contributed by atoms with Gasteiger partial charge >= 0.3 is 5.69 Å². The minimum Gasteiger partial charge on any atom is -0.372 e. The molecule has 0 aliphatic heterocycles. The second kappa shape index (κ2) is 6.10. The summed E-state index contributed by atoms with van der Waals surface area (Å²) in [4.78, 5) is 10.4. The van der Waals surface area contributed by atoms with Gasteiger partial charge in [-0.2, -0.15) is 0 Å². The van der Waals surface area contributed by atoms with Crippen molar-refractivity contribution < 1.29 is 13.3 Å². The topological polar surface area (TPSA) is 101 Å². The van der Waals surface area contributed by atoms with Crippen molar-refractivity contribution in [2.24, 2.45) is 0 Å². The molecule has 0 saturated heterocycles. The highest BCUT2D eigenvalue weighted by atomic mass is 32.2. The monoisotopic (exact) mass is 327 g/mol. The molecular weight excluding hydrogens is 314 g/mol. The minimum atomic E-state index is -3.84. The molecule has 9 heteroatoms. The van der Waals surface area contributed by atoms with Gasteiger partial charge in [-0.3, -0.25) is 14.8 Å². The predicted octanol–water partition coefficient (Wildman–Crippen LogP) is 2.89. The van der Waals surface area contributed by atoms with Gasteiger partial charge in [0.2, 0.25) is 0 Å². The van der Waals surface area contributed by atoms with Gasteiger partial charge in [0, 0.05) is 18.3 Å². The minimum absolute atomic E-state index is 0.103. The highest BCUT2D eigenvalue weighted by Gasteiger charge is 2.25. The van der Waals surface area contributed by atoms with Gasteiger partial charge in [-0.15, -0.1) is 0 Å². The molecule has 1 aromatic heterocycles. The van der Waals surface area contributed by atoms with E-state index in [2.05, 4.69) is 10.0 Å². The molecule has 0 spiro atoms. The zero-order valence-corrected chi connectivity index (χ0v) is 12.7. The Balaban J connectivity index is 2.36. The fraction of sp³-hybridized carbons (Fsp3) is 0.167. The van der Waals surface area contributed by atoms with E-state index in [0.717, 1.165) is 17.4 Å². The van der Waals surface area contributed by atoms with Crippen molar-refractivity contribution in [3.8, 4) is 0 Å². The molecule has 0 fully saturated rings. The van der Waals surface area contributed by atoms with Crippen LogP contribution in [0.1, 0.15) is 6.92 Å². The highest BCUT2D eigenvalue weighted by molar-refractivity contribution is 7.94. The summed E-state index contributed by atoms with van der Waals surface area (Å²) in [5, 5.41) is 14.0. The first-order chi connectivity index (χ1) is 9.94. The number of para-hydroxylation sites is 1. The van der Waals surface area contributed by atoms with E-state index in [-0.39, 0.29) is 14.9 Å². The van der Waals surface area contributed by atoms with Crippen LogP contribution < -0.4 is 10.0 Å². The summed E-state index contributed by atoms with van der Waals surface area (Å²) in [5.74, 6) is 0. The number of nitrogens with zero attached hydrogens (tertiary/aromatic N) is 1. The maximum atomic E-state index is 12.2. The Morgan fingerprint density at radius 2 is 1.95 bits per heavy atom. The summed E-state index contributed by atoms with van der Waals surface area (Å²) in [6, 6.07) is 9.41. The first-order valence-electron chi connectivity index (χ1n) is 6.04. The van der Waals surface area contributed by atoms with E-state index in [1.54, 1.807) is 37.3 Å². The predicted molar refractivity (Wildman–Crippen MR) is 82.4 cm³/mol. The lowest BCUT2D eigenvalue weighted by molar-refractivity contribution is -0.383. The SMILES string of the molecule is CCNc1sc(S(=O)(=O)Nc2ccccc2)cc1[N+](=O)[O-]. The molecule has 0 amide bonds. The lowest BCUT2D eigenvalue weighted by Crippen LogP contribution is -2.11. The summed E-state index contributed by atoms with van der Waals surface area (Å²) >= 11 is 0.835. The van der Waals surface area contributed by atoms with Crippen LogP contribution in [0.2, 0.25) is 0 Å². The fourth-order valence-electron chi connectivity index (χ4n) is 1.63. The van der Waals surface area contributed by atoms with Crippen molar-refractivity contribution in [3.63, 3.8) is 0 Å². The summed E-state index contributed by atoms with van der Waals surface area (Å²) in [6.07, 6.45) is 0. The molecule has 1 heterocycles. The molecule has 0 saturated carbocycles. The fourth-order valence-corrected chi connectivity index (χ4v) is 4.08. The summed E-state index contributed by atoms with van der Waals surface area (Å²) in [5.41, 5.74) is 0.161. The van der Waals surface area contributed by atoms with Crippen molar-refractivity contribution in [2.45, 2.75) is 11.1 Å². The van der Waals surface area contributed by atoms with Crippen molar-refractivity contribution in [3.05, 3.63) is 46.5 Å². The molecule has 0 aliphatic rings. The van der Waals surface area contributed by atoms with E-state index in [1.165, 1.54) is 0 Å². The molecule has 0 radical (unpaired) electrons. The smallest absolute Gasteiger partial charge is 0.304 e. The number of nitrogens with one attached hydrogen (secondary N) is 2. The van der Waals surface area contributed by atoms with Crippen LogP contribution in [0.15, 0.2) is 40.6 Å². The average Bonchev–Trinajstić information content (AvgIpc) is 2.85. The van der Waals surface area contributed by atoms with E-state index in [0.29, 0.717) is 12.2 Å². The van der Waals surface area contributed by atoms with Crippen LogP contribution >= 0.6 is 11.3 Å². The Morgan fingerprint density at radius 3 is 2.52 bits per heavy atom. The maximum Gasteiger partial charge on any atom is 0.304 e. The van der Waals surface area contributed by atoms with Gasteiger partial charge in [-0.1, -0.05) is 29.5 Å². The van der Waals surface area contributed by atoms with Gasteiger partial charge in [0.1, 0.15) is 4.21 Å². The van der Waals surface area contributed by atoms with Crippen molar-refractivity contribution >= 4 is 37.7 Å². The zero-order valence-electron chi connectivity index (χ0n) is 11.1. The quantitative estimate of drug-likeness (QED) is 0.627. The van der Waals surface area contributed by atoms with Crippen LogP contribution in [0.3, 0.4) is 0 Å². The molecule has 21 heavy (non-hydrogen) atoms. The van der Waals surface area contributed by atoms with Crippen molar-refractivity contribution in [1.82, 2.24) is 0 Å². The number of benzene rings is 1. The molecule has 0 atom stereocenters. The molecule has 2 N–H and O–H groups in total. The number of thiophene rings is 1. The second-order valence-corrected chi connectivity index (χ2v) is 7.00. The largest absolute Gasteiger partial charge is 0.372 e. The van der Waals surface area contributed by atoms with Crippen LogP contribution in [0.5, 0.6) is 0 Å². The number of nitro groups is 1. The third-order valence-electron chi connectivity index (χ3n) is 2.51. The van der Waals surface area contributed by atoms with E-state index in [1.807, 2.05) is 0 Å². The summed E-state index contributed by atoms with van der Waals surface area (Å²) in [6.45, 7) is 2.24. The second-order valence-electron chi connectivity index (χ2n) is 4.04. The first kappa shape index (κ1) is 15.3. The molecule has 2 rings (SSSR count). The molecule has 1 aromatic carbocycles. The lowest BCUT2D eigenvalue weighted by Gasteiger charge is -2.05. The molecule has 0 aliphatic carbocycles. The number of sulfonamides is 1. The number of hydrogen-bond donors (Lipinski definition) is 2. The first-order valence-corrected chi connectivity index (χ1v) is 8.34. The van der Waals surface area contributed by atoms with Gasteiger partial charge in [-0.05, 0) is 19.1 Å². The Kier molecular flexibility index (Phi) is 4.43. The van der Waals surface area contributed by atoms with Crippen LogP contribution in [0.25, 0.3) is 0 Å². The Hall–Kier alpha value is -2.13. The van der Waals surface area contributed by atoms with Gasteiger partial charge < -0.3 is 5.32 Å². The van der Waals surface area contributed by atoms with E-state index < -0.39 is 14.9 Å². The standard InChI is InChI=1S/C12H13N3O4S2/c1-2-13-12-10(15(16)17)8-11(20-12)21(18,19)14-9-6-4-3-5-7-9/h3-8,13-14H,2H2,1H3. The maximum absolute atomic E-state index is 12.2. The van der Waals surface area contributed by atoms with E-state index in [9.17, 15) is 18.5 Å².